The minimum Gasteiger partial charge on any atom is -0.481 e. The Balaban J connectivity index is 1.97. The highest BCUT2D eigenvalue weighted by molar-refractivity contribution is 7.99. The van der Waals surface area contributed by atoms with Crippen molar-refractivity contribution in [2.75, 3.05) is 11.5 Å². The van der Waals surface area contributed by atoms with Crippen molar-refractivity contribution >= 4 is 39.5 Å². The van der Waals surface area contributed by atoms with Gasteiger partial charge < -0.3 is 9.67 Å². The Morgan fingerprint density at radius 1 is 1.00 bits per heavy atom. The predicted molar refractivity (Wildman–Crippen MR) is 84.4 cm³/mol. The molecule has 3 nitrogen and oxygen atoms in total. The van der Waals surface area contributed by atoms with Crippen LogP contribution in [0.25, 0.3) is 21.8 Å². The van der Waals surface area contributed by atoms with Gasteiger partial charge in [0.2, 0.25) is 0 Å². The number of hydrogen-bond acceptors (Lipinski definition) is 2. The van der Waals surface area contributed by atoms with Gasteiger partial charge >= 0.3 is 5.97 Å². The van der Waals surface area contributed by atoms with Crippen LogP contribution in [0.2, 0.25) is 0 Å². The lowest BCUT2D eigenvalue weighted by atomic mass is 10.2. The maximum absolute atomic E-state index is 10.6. The summed E-state index contributed by atoms with van der Waals surface area (Å²) < 4.78 is 2.28. The normalized spacial score (nSPS) is 11.2. The summed E-state index contributed by atoms with van der Waals surface area (Å²) in [6, 6.07) is 16.7. The van der Waals surface area contributed by atoms with Crippen molar-refractivity contribution in [3.63, 3.8) is 0 Å². The molecule has 0 aliphatic rings. The van der Waals surface area contributed by atoms with Gasteiger partial charge in [-0.05, 0) is 12.1 Å². The van der Waals surface area contributed by atoms with E-state index in [0.29, 0.717) is 0 Å². The van der Waals surface area contributed by atoms with E-state index in [1.165, 1.54) is 33.6 Å². The lowest BCUT2D eigenvalue weighted by Gasteiger charge is -2.06. The highest BCUT2D eigenvalue weighted by Gasteiger charge is 2.09. The molecule has 0 spiro atoms. The zero-order valence-corrected chi connectivity index (χ0v) is 11.8. The summed E-state index contributed by atoms with van der Waals surface area (Å²) in [5, 5.41) is 11.2. The molecule has 0 radical (unpaired) electrons. The molecule has 0 aliphatic carbocycles. The molecule has 1 N–H and O–H groups in total. The van der Waals surface area contributed by atoms with E-state index < -0.39 is 5.97 Å². The number of carboxylic acids is 1. The number of rotatable bonds is 5. The maximum Gasteiger partial charge on any atom is 0.313 e. The molecule has 1 aromatic heterocycles. The number of benzene rings is 2. The van der Waals surface area contributed by atoms with Gasteiger partial charge in [0.1, 0.15) is 0 Å². The van der Waals surface area contributed by atoms with E-state index in [2.05, 4.69) is 41.0 Å². The molecule has 0 atom stereocenters. The van der Waals surface area contributed by atoms with E-state index in [1.54, 1.807) is 0 Å². The molecule has 0 bridgehead atoms. The highest BCUT2D eigenvalue weighted by atomic mass is 32.2. The van der Waals surface area contributed by atoms with Gasteiger partial charge in [-0.2, -0.15) is 0 Å². The van der Waals surface area contributed by atoms with Crippen LogP contribution >= 0.6 is 11.8 Å². The third-order valence-corrected chi connectivity index (χ3v) is 4.29. The van der Waals surface area contributed by atoms with Crippen molar-refractivity contribution in [3.05, 3.63) is 48.5 Å². The second-order valence-electron chi connectivity index (χ2n) is 4.63. The zero-order chi connectivity index (χ0) is 13.9. The molecule has 0 fully saturated rings. The predicted octanol–water partition coefficient (Wildman–Crippen LogP) is 3.61. The quantitative estimate of drug-likeness (QED) is 0.728. The molecule has 3 rings (SSSR count). The molecule has 0 amide bonds. The Labute approximate surface area is 121 Å². The van der Waals surface area contributed by atoms with Crippen molar-refractivity contribution in [2.45, 2.75) is 6.54 Å². The third-order valence-electron chi connectivity index (χ3n) is 3.36. The summed E-state index contributed by atoms with van der Waals surface area (Å²) >= 11 is 1.46. The first-order valence-corrected chi connectivity index (χ1v) is 7.68. The van der Waals surface area contributed by atoms with Crippen molar-refractivity contribution < 1.29 is 9.90 Å². The van der Waals surface area contributed by atoms with Gasteiger partial charge in [0.15, 0.2) is 0 Å². The van der Waals surface area contributed by atoms with E-state index in [4.69, 9.17) is 5.11 Å². The topological polar surface area (TPSA) is 42.2 Å². The summed E-state index contributed by atoms with van der Waals surface area (Å²) in [6.07, 6.45) is 0. The summed E-state index contributed by atoms with van der Waals surface area (Å²) in [7, 11) is 0. The first-order valence-electron chi connectivity index (χ1n) is 6.53. The van der Waals surface area contributed by atoms with Crippen LogP contribution in [0.3, 0.4) is 0 Å². The molecule has 0 saturated carbocycles. The van der Waals surface area contributed by atoms with E-state index >= 15 is 0 Å². The maximum atomic E-state index is 10.6. The second kappa shape index (κ2) is 5.59. The minimum absolute atomic E-state index is 0.164. The van der Waals surface area contributed by atoms with Crippen LogP contribution < -0.4 is 0 Å². The first-order chi connectivity index (χ1) is 9.77. The molecular formula is C16H15NO2S. The summed E-state index contributed by atoms with van der Waals surface area (Å²) in [4.78, 5) is 10.6. The fourth-order valence-electron chi connectivity index (χ4n) is 2.56. The Hall–Kier alpha value is -1.94. The van der Waals surface area contributed by atoms with E-state index in [0.717, 1.165) is 12.3 Å². The summed E-state index contributed by atoms with van der Waals surface area (Å²) in [5.41, 5.74) is 2.43. The van der Waals surface area contributed by atoms with Gasteiger partial charge in [0.05, 0.1) is 5.75 Å². The minimum atomic E-state index is -0.753. The summed E-state index contributed by atoms with van der Waals surface area (Å²) in [6.45, 7) is 0.825. The number of aliphatic carboxylic acids is 1. The number of carbonyl (C=O) groups is 1. The average Bonchev–Trinajstić information content (AvgIpc) is 2.78. The van der Waals surface area contributed by atoms with Crippen LogP contribution in [-0.4, -0.2) is 27.1 Å². The molecule has 2 aromatic carbocycles. The fourth-order valence-corrected chi connectivity index (χ4v) is 3.19. The van der Waals surface area contributed by atoms with Gasteiger partial charge in [0, 0.05) is 34.1 Å². The number of thioether (sulfide) groups is 1. The smallest absolute Gasteiger partial charge is 0.313 e. The molecule has 4 heteroatoms. The Bertz CT molecular complexity index is 710. The molecule has 20 heavy (non-hydrogen) atoms. The monoisotopic (exact) mass is 285 g/mol. The van der Waals surface area contributed by atoms with Crippen LogP contribution in [-0.2, 0) is 11.3 Å². The van der Waals surface area contributed by atoms with Crippen LogP contribution in [0.4, 0.5) is 0 Å². The van der Waals surface area contributed by atoms with Crippen LogP contribution in [0.15, 0.2) is 48.5 Å². The van der Waals surface area contributed by atoms with Crippen molar-refractivity contribution in [2.24, 2.45) is 0 Å². The third kappa shape index (κ3) is 2.39. The Morgan fingerprint density at radius 3 is 2.10 bits per heavy atom. The molecule has 102 valence electrons. The Morgan fingerprint density at radius 2 is 1.55 bits per heavy atom. The number of para-hydroxylation sites is 2. The number of aryl methyl sites for hydroxylation is 1. The highest BCUT2D eigenvalue weighted by Crippen LogP contribution is 2.28. The number of aromatic nitrogens is 1. The van der Waals surface area contributed by atoms with Crippen LogP contribution in [0.1, 0.15) is 0 Å². The number of carboxylic acid groups (broad SMARTS) is 1. The number of hydrogen-bond donors (Lipinski definition) is 1. The van der Waals surface area contributed by atoms with Crippen LogP contribution in [0, 0.1) is 0 Å². The van der Waals surface area contributed by atoms with E-state index in [1.807, 2.05) is 12.1 Å². The fraction of sp³-hybridized carbons (Fsp3) is 0.188. The lowest BCUT2D eigenvalue weighted by molar-refractivity contribution is -0.133. The standard InChI is InChI=1S/C16H15NO2S/c18-16(19)11-20-10-9-17-14-7-3-1-5-12(14)13-6-2-4-8-15(13)17/h1-8H,9-11H2,(H,18,19). The largest absolute Gasteiger partial charge is 0.481 e. The van der Waals surface area contributed by atoms with Gasteiger partial charge in [-0.3, -0.25) is 4.79 Å². The molecular weight excluding hydrogens is 270 g/mol. The Kier molecular flexibility index (Phi) is 3.65. The van der Waals surface area contributed by atoms with Crippen molar-refractivity contribution in [1.29, 1.82) is 0 Å². The first kappa shape index (κ1) is 13.1. The average molecular weight is 285 g/mol. The lowest BCUT2D eigenvalue weighted by Crippen LogP contribution is -2.04. The number of nitrogens with zero attached hydrogens (tertiary/aromatic N) is 1. The molecule has 3 aromatic rings. The SMILES string of the molecule is O=C(O)CSCCn1c2ccccc2c2ccccc21. The summed E-state index contributed by atoms with van der Waals surface area (Å²) in [5.74, 6) is 0.212. The molecule has 0 unspecified atom stereocenters. The molecule has 0 saturated heterocycles. The van der Waals surface area contributed by atoms with Crippen molar-refractivity contribution in [1.82, 2.24) is 4.57 Å². The number of fused-ring (bicyclic) bond motifs is 3. The van der Waals surface area contributed by atoms with E-state index in [9.17, 15) is 4.79 Å². The molecule has 0 aliphatic heterocycles. The zero-order valence-electron chi connectivity index (χ0n) is 11.0. The van der Waals surface area contributed by atoms with Gasteiger partial charge in [0.25, 0.3) is 0 Å². The van der Waals surface area contributed by atoms with E-state index in [-0.39, 0.29) is 5.75 Å². The molecule has 1 heterocycles. The van der Waals surface area contributed by atoms with Crippen molar-refractivity contribution in [3.8, 4) is 0 Å². The van der Waals surface area contributed by atoms with Gasteiger partial charge in [-0.25, -0.2) is 0 Å². The van der Waals surface area contributed by atoms with Crippen LogP contribution in [0.5, 0.6) is 0 Å². The van der Waals surface area contributed by atoms with Gasteiger partial charge in [-0.1, -0.05) is 36.4 Å². The van der Waals surface area contributed by atoms with Gasteiger partial charge in [-0.15, -0.1) is 11.8 Å². The second-order valence-corrected chi connectivity index (χ2v) is 5.74.